The number of hydrogen-bond donors (Lipinski definition) is 14. The maximum Gasteiger partial charge on any atom is 0.245 e. The number of aliphatic hydroxyl groups excluding tert-OH is 1. The SMILES string of the molecule is CC(=O)N[C@H](Cc1ccc2ccccc2c1)C(=O)N[C@H](Cc1ccc(Cl)cc1)C(=O)N[C@H](Cc1cccnc1)C(=O)N[C@@H](CO)C(=O)N[C@@H](Cc1ccc(NS(C)(=O)=O)cc1)C(=O)N[C@H](Cc1ccc(NS(C)(=O)=O)cc1)C(=O)N[C@@H](CC(C)C)C(=O)N[C@@H](CCCCNC(C)C)C(=O)N1CCC[C@H]1C(=O)N[C@H](C)C(N)=O. The quantitative estimate of drug-likeness (QED) is 0.0244. The Balaban J connectivity index is 1.19. The molecule has 7 rings (SSSR count). The molecule has 6 aromatic rings. The van der Waals surface area contributed by atoms with Gasteiger partial charge in [-0.15, -0.1) is 0 Å². The molecule has 112 heavy (non-hydrogen) atoms. The molecule has 0 bridgehead atoms. The summed E-state index contributed by atoms with van der Waals surface area (Å²) < 4.78 is 53.7. The Hall–Kier alpha value is -10.6. The zero-order valence-corrected chi connectivity index (χ0v) is 66.2. The van der Waals surface area contributed by atoms with Crippen LogP contribution in [0.5, 0.6) is 0 Å². The second-order valence-corrected chi connectivity index (χ2v) is 32.7. The third kappa shape index (κ3) is 29.2. The van der Waals surface area contributed by atoms with Crippen molar-refractivity contribution in [1.29, 1.82) is 0 Å². The van der Waals surface area contributed by atoms with Gasteiger partial charge in [0, 0.05) is 80.4 Å². The molecule has 0 aliphatic carbocycles. The van der Waals surface area contributed by atoms with Crippen molar-refractivity contribution >= 4 is 119 Å². The number of rotatable bonds is 42. The minimum Gasteiger partial charge on any atom is -0.394 e. The number of nitrogens with zero attached hydrogens (tertiary/aromatic N) is 2. The molecule has 1 aliphatic rings. The summed E-state index contributed by atoms with van der Waals surface area (Å²) in [6.07, 6.45) is 5.33. The Morgan fingerprint density at radius 2 is 0.955 bits per heavy atom. The molecule has 1 aliphatic heterocycles. The summed E-state index contributed by atoms with van der Waals surface area (Å²) in [6, 6.07) is 20.1. The van der Waals surface area contributed by atoms with E-state index < -0.39 is 158 Å². The highest BCUT2D eigenvalue weighted by molar-refractivity contribution is 7.92. The number of anilines is 2. The van der Waals surface area contributed by atoms with Gasteiger partial charge in [0.05, 0.1) is 19.1 Å². The lowest BCUT2D eigenvalue weighted by Gasteiger charge is -2.31. The largest absolute Gasteiger partial charge is 0.394 e. The average molecular weight is 1610 g/mol. The zero-order chi connectivity index (χ0) is 82.0. The number of amides is 11. The summed E-state index contributed by atoms with van der Waals surface area (Å²) in [5, 5.41) is 40.7. The molecule has 2 heterocycles. The molecule has 34 heteroatoms. The van der Waals surface area contributed by atoms with Crippen molar-refractivity contribution in [2.45, 2.75) is 179 Å². The third-order valence-electron chi connectivity index (χ3n) is 18.3. The standard InChI is InChI=1S/C78H102ClN15O16S2/c1-46(2)37-61(70(98)85-60(18-11-12-35-82-47(3)4)78(106)94-36-14-19-68(94)77(105)83-48(5)69(80)97)86-72(100)64(40-51-23-30-58(31-24-51)92-111(7,107)108)88-74(102)65(41-52-25-32-59(33-26-52)93-112(8,109)110)90-76(104)67(45-95)91-75(103)66(43-54-15-13-34-81-44-54)89-73(101)63(39-50-21-28-57(79)29-22-50)87-71(99)62(84-49(6)96)42-53-20-27-55-16-9-10-17-56(55)38-53/h9-10,13,15-17,20-34,38,44,46-48,60-68,82,92-93,95H,11-12,14,18-19,35-37,39-43,45H2,1-8H3,(H2,80,97)(H,83,105)(H,84,96)(H,85,98)(H,86,100)(H,87,99)(H,88,102)(H,89,101)(H,90,104)(H,91,103)/t48-,60+,61+,62-,63-,64-,65+,66-,67+,68+/m1/s1. The average Bonchev–Trinajstić information content (AvgIpc) is 1.36. The molecular weight excluding hydrogens is 1500 g/mol. The van der Waals surface area contributed by atoms with E-state index in [-0.39, 0.29) is 74.8 Å². The topological polar surface area (TPSA) is 463 Å². The van der Waals surface area contributed by atoms with Crippen LogP contribution in [0.15, 0.2) is 140 Å². The Labute approximate surface area is 657 Å². The van der Waals surface area contributed by atoms with E-state index in [1.54, 1.807) is 50.2 Å². The van der Waals surface area contributed by atoms with Crippen molar-refractivity contribution in [2.75, 3.05) is 41.7 Å². The van der Waals surface area contributed by atoms with Gasteiger partial charge in [0.2, 0.25) is 85.0 Å². The Bertz CT molecular complexity index is 4510. The smallest absolute Gasteiger partial charge is 0.245 e. The van der Waals surface area contributed by atoms with E-state index in [9.17, 15) is 65.1 Å². The number of halogens is 1. The van der Waals surface area contributed by atoms with Gasteiger partial charge < -0.3 is 68.9 Å². The van der Waals surface area contributed by atoms with Crippen LogP contribution in [-0.2, 0) is 105 Å². The van der Waals surface area contributed by atoms with Crippen LogP contribution in [0.3, 0.4) is 0 Å². The van der Waals surface area contributed by atoms with Gasteiger partial charge in [0.15, 0.2) is 0 Å². The van der Waals surface area contributed by atoms with Gasteiger partial charge in [0.25, 0.3) is 0 Å². The molecular formula is C78H102ClN15O16S2. The minimum absolute atomic E-state index is 0.0104. The van der Waals surface area contributed by atoms with Crippen LogP contribution < -0.4 is 68.3 Å². The summed E-state index contributed by atoms with van der Waals surface area (Å²) in [4.78, 5) is 163. The fourth-order valence-electron chi connectivity index (χ4n) is 12.6. The van der Waals surface area contributed by atoms with Gasteiger partial charge in [-0.05, 0) is 139 Å². The predicted molar refractivity (Wildman–Crippen MR) is 424 cm³/mol. The van der Waals surface area contributed by atoms with Gasteiger partial charge in [-0.1, -0.05) is 124 Å². The zero-order valence-electron chi connectivity index (χ0n) is 63.8. The molecule has 604 valence electrons. The van der Waals surface area contributed by atoms with E-state index in [2.05, 4.69) is 67.6 Å². The molecule has 31 nitrogen and oxygen atoms in total. The highest BCUT2D eigenvalue weighted by Gasteiger charge is 2.41. The van der Waals surface area contributed by atoms with E-state index in [4.69, 9.17) is 17.3 Å². The lowest BCUT2D eigenvalue weighted by molar-refractivity contribution is -0.142. The van der Waals surface area contributed by atoms with Crippen molar-refractivity contribution in [3.63, 3.8) is 0 Å². The van der Waals surface area contributed by atoms with Crippen LogP contribution >= 0.6 is 11.6 Å². The fraction of sp³-hybridized carbons (Fsp3) is 0.436. The molecule has 1 fully saturated rings. The summed E-state index contributed by atoms with van der Waals surface area (Å²) in [5.41, 5.74) is 7.98. The normalized spacial score (nSPS) is 15.3. The maximum atomic E-state index is 15.3. The number of fused-ring (bicyclic) bond motifs is 1. The molecule has 11 amide bonds. The number of aromatic nitrogens is 1. The highest BCUT2D eigenvalue weighted by Crippen LogP contribution is 2.23. The van der Waals surface area contributed by atoms with Gasteiger partial charge in [-0.3, -0.25) is 67.2 Å². The number of carbonyl (C=O) groups excluding carboxylic acids is 11. The lowest BCUT2D eigenvalue weighted by atomic mass is 9.99. The summed E-state index contributed by atoms with van der Waals surface area (Å²) in [7, 11) is -7.54. The number of aliphatic hydroxyl groups is 1. The first-order valence-corrected chi connectivity index (χ1v) is 41.0. The summed E-state index contributed by atoms with van der Waals surface area (Å²) >= 11 is 6.25. The fourth-order valence-corrected chi connectivity index (χ4v) is 13.9. The third-order valence-corrected chi connectivity index (χ3v) is 19.7. The van der Waals surface area contributed by atoms with E-state index in [0.29, 0.717) is 58.6 Å². The van der Waals surface area contributed by atoms with Crippen LogP contribution in [0, 0.1) is 5.92 Å². The van der Waals surface area contributed by atoms with Crippen molar-refractivity contribution in [3.05, 3.63) is 173 Å². The van der Waals surface area contributed by atoms with Crippen molar-refractivity contribution < 1.29 is 74.7 Å². The Morgan fingerprint density at radius 3 is 1.42 bits per heavy atom. The van der Waals surface area contributed by atoms with Gasteiger partial charge in [-0.25, -0.2) is 16.8 Å². The highest BCUT2D eigenvalue weighted by atomic mass is 35.5. The van der Waals surface area contributed by atoms with Gasteiger partial charge >= 0.3 is 0 Å². The van der Waals surface area contributed by atoms with Crippen LogP contribution in [-0.4, -0.2) is 195 Å². The molecule has 5 aromatic carbocycles. The lowest BCUT2D eigenvalue weighted by Crippen LogP contribution is -2.62. The van der Waals surface area contributed by atoms with Crippen LogP contribution in [0.2, 0.25) is 5.02 Å². The molecule has 0 spiro atoms. The van der Waals surface area contributed by atoms with Crippen LogP contribution in [0.25, 0.3) is 10.8 Å². The second kappa shape index (κ2) is 42.1. The predicted octanol–water partition coefficient (Wildman–Crippen LogP) is 2.23. The number of sulfonamides is 2. The number of nitrogens with two attached hydrogens (primary N) is 1. The number of likely N-dealkylation sites (tertiary alicyclic amines) is 1. The van der Waals surface area contributed by atoms with E-state index in [1.807, 2.05) is 56.3 Å². The van der Waals surface area contributed by atoms with Crippen LogP contribution in [0.1, 0.15) is 108 Å². The maximum absolute atomic E-state index is 15.3. The first kappa shape index (κ1) is 88.6. The molecule has 15 N–H and O–H groups in total. The second-order valence-electron chi connectivity index (χ2n) is 28.8. The minimum atomic E-state index is -3.78. The number of hydrogen-bond acceptors (Lipinski definition) is 18. The number of nitrogens with one attached hydrogen (secondary N) is 12. The number of carbonyl (C=O) groups is 11. The summed E-state index contributed by atoms with van der Waals surface area (Å²) in [6.45, 7) is 9.76. The molecule has 0 radical (unpaired) electrons. The van der Waals surface area contributed by atoms with E-state index >= 15 is 9.59 Å². The Morgan fingerprint density at radius 1 is 0.518 bits per heavy atom. The van der Waals surface area contributed by atoms with Gasteiger partial charge in [-0.2, -0.15) is 0 Å². The van der Waals surface area contributed by atoms with Gasteiger partial charge in [0.1, 0.15) is 60.4 Å². The molecule has 10 atom stereocenters. The molecule has 1 saturated heterocycles. The number of unbranched alkanes of at least 4 members (excludes halogenated alkanes) is 1. The van der Waals surface area contributed by atoms with E-state index in [0.717, 1.165) is 23.3 Å². The number of primary amides is 1. The summed E-state index contributed by atoms with van der Waals surface area (Å²) in [5.74, 6) is -9.52. The van der Waals surface area contributed by atoms with Crippen LogP contribution in [0.4, 0.5) is 11.4 Å². The number of pyridine rings is 1. The van der Waals surface area contributed by atoms with Crippen molar-refractivity contribution in [1.82, 2.24) is 63.1 Å². The molecule has 0 unspecified atom stereocenters. The molecule has 0 saturated carbocycles. The molecule has 1 aromatic heterocycles. The number of benzene rings is 5. The van der Waals surface area contributed by atoms with E-state index in [1.165, 1.54) is 79.7 Å². The van der Waals surface area contributed by atoms with Crippen molar-refractivity contribution in [3.8, 4) is 0 Å². The first-order valence-electron chi connectivity index (χ1n) is 36.9. The first-order chi connectivity index (χ1) is 53.0. The van der Waals surface area contributed by atoms with Crippen molar-refractivity contribution in [2.24, 2.45) is 11.7 Å². The monoisotopic (exact) mass is 1600 g/mol. The Kier molecular flexibility index (Phi) is 33.3.